The SMILES string of the molecule is CCN(CCCN(C)C)CC(CC)(CC)CS. The summed E-state index contributed by atoms with van der Waals surface area (Å²) in [7, 11) is 4.29. The summed E-state index contributed by atoms with van der Waals surface area (Å²) in [5.41, 5.74) is 0.414. The van der Waals surface area contributed by atoms with Crippen molar-refractivity contribution in [3.05, 3.63) is 0 Å². The Morgan fingerprint density at radius 2 is 1.59 bits per heavy atom. The summed E-state index contributed by atoms with van der Waals surface area (Å²) in [5.74, 6) is 1.00. The highest BCUT2D eigenvalue weighted by Gasteiger charge is 2.26. The molecule has 0 aliphatic rings. The number of hydrogen-bond acceptors (Lipinski definition) is 3. The molecule has 0 amide bonds. The molecule has 0 unspecified atom stereocenters. The van der Waals surface area contributed by atoms with Crippen LogP contribution >= 0.6 is 12.6 Å². The van der Waals surface area contributed by atoms with Crippen molar-refractivity contribution in [2.45, 2.75) is 40.0 Å². The molecule has 0 aromatic rings. The molecular weight excluding hydrogens is 228 g/mol. The molecule has 3 heteroatoms. The molecule has 0 N–H and O–H groups in total. The normalized spacial score (nSPS) is 12.7. The lowest BCUT2D eigenvalue weighted by atomic mass is 9.84. The Bertz CT molecular complexity index is 171. The zero-order valence-electron chi connectivity index (χ0n) is 12.5. The average molecular weight is 260 g/mol. The first kappa shape index (κ1) is 17.3. The third kappa shape index (κ3) is 6.68. The number of rotatable bonds is 10. The molecule has 0 aliphatic heterocycles. The van der Waals surface area contributed by atoms with Gasteiger partial charge in [-0.3, -0.25) is 0 Å². The van der Waals surface area contributed by atoms with E-state index < -0.39 is 0 Å². The summed E-state index contributed by atoms with van der Waals surface area (Å²) in [5, 5.41) is 0. The fourth-order valence-corrected chi connectivity index (χ4v) is 2.73. The molecule has 0 aromatic carbocycles. The van der Waals surface area contributed by atoms with Gasteiger partial charge in [0.25, 0.3) is 0 Å². The minimum absolute atomic E-state index is 0.414. The highest BCUT2D eigenvalue weighted by Crippen LogP contribution is 2.29. The second-order valence-corrected chi connectivity index (χ2v) is 5.71. The highest BCUT2D eigenvalue weighted by atomic mass is 32.1. The van der Waals surface area contributed by atoms with Crippen molar-refractivity contribution >= 4 is 12.6 Å². The largest absolute Gasteiger partial charge is 0.309 e. The molecule has 2 nitrogen and oxygen atoms in total. The average Bonchev–Trinajstić information content (AvgIpc) is 2.34. The molecule has 0 saturated carbocycles. The smallest absolute Gasteiger partial charge is 0.00455 e. The monoisotopic (exact) mass is 260 g/mol. The molecular formula is C14H32N2S. The van der Waals surface area contributed by atoms with E-state index in [-0.39, 0.29) is 0 Å². The Balaban J connectivity index is 4.17. The van der Waals surface area contributed by atoms with Crippen LogP contribution < -0.4 is 0 Å². The van der Waals surface area contributed by atoms with Gasteiger partial charge in [-0.15, -0.1) is 0 Å². The first-order chi connectivity index (χ1) is 8.03. The lowest BCUT2D eigenvalue weighted by molar-refractivity contribution is 0.158. The van der Waals surface area contributed by atoms with Crippen molar-refractivity contribution in [1.29, 1.82) is 0 Å². The van der Waals surface area contributed by atoms with Crippen LogP contribution in [0.25, 0.3) is 0 Å². The molecule has 0 aliphatic carbocycles. The Hall–Kier alpha value is 0.270. The lowest BCUT2D eigenvalue weighted by Gasteiger charge is -2.36. The quantitative estimate of drug-likeness (QED) is 0.603. The molecule has 0 spiro atoms. The maximum Gasteiger partial charge on any atom is 0.00455 e. The zero-order chi connectivity index (χ0) is 13.3. The second-order valence-electron chi connectivity index (χ2n) is 5.39. The minimum Gasteiger partial charge on any atom is -0.309 e. The highest BCUT2D eigenvalue weighted by molar-refractivity contribution is 7.80. The molecule has 0 atom stereocenters. The summed E-state index contributed by atoms with van der Waals surface area (Å²) < 4.78 is 0. The topological polar surface area (TPSA) is 6.48 Å². The fourth-order valence-electron chi connectivity index (χ4n) is 2.18. The molecule has 0 fully saturated rings. The zero-order valence-corrected chi connectivity index (χ0v) is 13.4. The fraction of sp³-hybridized carbons (Fsp3) is 1.00. The van der Waals surface area contributed by atoms with Crippen LogP contribution in [0.1, 0.15) is 40.0 Å². The van der Waals surface area contributed by atoms with Gasteiger partial charge in [0.05, 0.1) is 0 Å². The second kappa shape index (κ2) is 9.23. The molecule has 0 aromatic heterocycles. The summed E-state index contributed by atoms with van der Waals surface area (Å²) in [6, 6.07) is 0. The van der Waals surface area contributed by atoms with Gasteiger partial charge in [-0.2, -0.15) is 12.6 Å². The van der Waals surface area contributed by atoms with E-state index >= 15 is 0 Å². The van der Waals surface area contributed by atoms with Crippen molar-refractivity contribution in [2.75, 3.05) is 46.0 Å². The van der Waals surface area contributed by atoms with Gasteiger partial charge in [0.2, 0.25) is 0 Å². The van der Waals surface area contributed by atoms with Gasteiger partial charge in [0.15, 0.2) is 0 Å². The van der Waals surface area contributed by atoms with Crippen molar-refractivity contribution < 1.29 is 0 Å². The standard InChI is InChI=1S/C14H32N2S/c1-6-14(7-2,13-17)12-16(8-3)11-9-10-15(4)5/h17H,6-13H2,1-5H3. The van der Waals surface area contributed by atoms with E-state index in [1.54, 1.807) is 0 Å². The van der Waals surface area contributed by atoms with E-state index in [2.05, 4.69) is 57.3 Å². The van der Waals surface area contributed by atoms with Gasteiger partial charge in [-0.25, -0.2) is 0 Å². The van der Waals surface area contributed by atoms with Crippen LogP contribution in [0.15, 0.2) is 0 Å². The Kier molecular flexibility index (Phi) is 9.38. The van der Waals surface area contributed by atoms with Crippen LogP contribution in [0.3, 0.4) is 0 Å². The van der Waals surface area contributed by atoms with Crippen LogP contribution in [0.2, 0.25) is 0 Å². The summed E-state index contributed by atoms with van der Waals surface area (Å²) in [6.07, 6.45) is 3.73. The summed E-state index contributed by atoms with van der Waals surface area (Å²) in [4.78, 5) is 4.85. The van der Waals surface area contributed by atoms with Gasteiger partial charge in [-0.05, 0) is 64.2 Å². The van der Waals surface area contributed by atoms with Crippen LogP contribution in [0, 0.1) is 5.41 Å². The maximum absolute atomic E-state index is 4.56. The summed E-state index contributed by atoms with van der Waals surface area (Å²) in [6.45, 7) is 11.6. The third-order valence-corrected chi connectivity index (χ3v) is 4.59. The maximum atomic E-state index is 4.56. The van der Waals surface area contributed by atoms with Crippen molar-refractivity contribution in [3.63, 3.8) is 0 Å². The van der Waals surface area contributed by atoms with E-state index in [1.165, 1.54) is 38.9 Å². The number of thiol groups is 1. The van der Waals surface area contributed by atoms with Crippen LogP contribution in [0.4, 0.5) is 0 Å². The first-order valence-corrected chi connectivity index (χ1v) is 7.64. The molecule has 0 radical (unpaired) electrons. The van der Waals surface area contributed by atoms with Gasteiger partial charge in [0.1, 0.15) is 0 Å². The molecule has 104 valence electrons. The van der Waals surface area contributed by atoms with Gasteiger partial charge in [-0.1, -0.05) is 20.8 Å². The van der Waals surface area contributed by atoms with Crippen molar-refractivity contribution in [1.82, 2.24) is 9.80 Å². The summed E-state index contributed by atoms with van der Waals surface area (Å²) >= 11 is 4.56. The minimum atomic E-state index is 0.414. The van der Waals surface area contributed by atoms with Gasteiger partial charge < -0.3 is 9.80 Å². The lowest BCUT2D eigenvalue weighted by Crippen LogP contribution is -2.39. The van der Waals surface area contributed by atoms with Crippen LogP contribution in [0.5, 0.6) is 0 Å². The van der Waals surface area contributed by atoms with E-state index in [0.717, 1.165) is 12.3 Å². The van der Waals surface area contributed by atoms with Gasteiger partial charge in [0, 0.05) is 6.54 Å². The van der Waals surface area contributed by atoms with Crippen molar-refractivity contribution in [3.8, 4) is 0 Å². The Labute approximate surface area is 114 Å². The Morgan fingerprint density at radius 3 is 1.94 bits per heavy atom. The third-order valence-electron chi connectivity index (χ3n) is 3.92. The van der Waals surface area contributed by atoms with E-state index in [0.29, 0.717) is 5.41 Å². The van der Waals surface area contributed by atoms with E-state index in [9.17, 15) is 0 Å². The first-order valence-electron chi connectivity index (χ1n) is 7.01. The van der Waals surface area contributed by atoms with E-state index in [4.69, 9.17) is 0 Å². The van der Waals surface area contributed by atoms with Gasteiger partial charge >= 0.3 is 0 Å². The predicted molar refractivity (Wildman–Crippen MR) is 82.2 cm³/mol. The molecule has 0 rings (SSSR count). The van der Waals surface area contributed by atoms with Crippen LogP contribution in [-0.4, -0.2) is 55.8 Å². The molecule has 0 saturated heterocycles. The number of hydrogen-bond donors (Lipinski definition) is 1. The molecule has 17 heavy (non-hydrogen) atoms. The predicted octanol–water partition coefficient (Wildman–Crippen LogP) is 3.00. The van der Waals surface area contributed by atoms with E-state index in [1.807, 2.05) is 0 Å². The molecule has 0 bridgehead atoms. The Morgan fingerprint density at radius 1 is 1.00 bits per heavy atom. The van der Waals surface area contributed by atoms with Crippen LogP contribution in [-0.2, 0) is 0 Å². The number of nitrogens with zero attached hydrogens (tertiary/aromatic N) is 2. The molecule has 0 heterocycles. The van der Waals surface area contributed by atoms with Crippen molar-refractivity contribution in [2.24, 2.45) is 5.41 Å².